The van der Waals surface area contributed by atoms with Crippen LogP contribution in [-0.4, -0.2) is 40.3 Å². The highest BCUT2D eigenvalue weighted by molar-refractivity contribution is 7.92. The number of hydrogen-bond donors (Lipinski definition) is 1. The predicted octanol–water partition coefficient (Wildman–Crippen LogP) is 2.66. The highest BCUT2D eigenvalue weighted by atomic mass is 35.5. The van der Waals surface area contributed by atoms with Gasteiger partial charge in [-0.2, -0.15) is 0 Å². The molecule has 0 atom stereocenters. The molecule has 27 heavy (non-hydrogen) atoms. The van der Waals surface area contributed by atoms with Gasteiger partial charge >= 0.3 is 0 Å². The summed E-state index contributed by atoms with van der Waals surface area (Å²) in [5.41, 5.74) is 0.133. The predicted molar refractivity (Wildman–Crippen MR) is 99.7 cm³/mol. The number of carbonyl (C=O) groups excluding carboxylic acids is 1. The van der Waals surface area contributed by atoms with Crippen molar-refractivity contribution in [2.24, 2.45) is 0 Å². The molecule has 0 bridgehead atoms. The average molecular weight is 415 g/mol. The minimum atomic E-state index is -3.91. The van der Waals surface area contributed by atoms with Gasteiger partial charge in [-0.3, -0.25) is 9.10 Å². The van der Waals surface area contributed by atoms with E-state index in [1.807, 2.05) is 0 Å². The molecule has 0 aliphatic carbocycles. The lowest BCUT2D eigenvalue weighted by molar-refractivity contribution is -0.114. The number of halogens is 2. The van der Waals surface area contributed by atoms with Gasteiger partial charge in [-0.15, -0.1) is 0 Å². The molecular weight excluding hydrogens is 399 g/mol. The van der Waals surface area contributed by atoms with Crippen molar-refractivity contribution in [1.29, 1.82) is 0 Å². The molecule has 0 fully saturated rings. The normalized spacial score (nSPS) is 13.1. The lowest BCUT2D eigenvalue weighted by Crippen LogP contribution is -2.38. The lowest BCUT2D eigenvalue weighted by atomic mass is 10.2. The molecule has 10 heteroatoms. The lowest BCUT2D eigenvalue weighted by Gasteiger charge is -2.23. The number of anilines is 2. The van der Waals surface area contributed by atoms with Gasteiger partial charge in [0.25, 0.3) is 0 Å². The molecule has 0 aromatic heterocycles. The van der Waals surface area contributed by atoms with Crippen LogP contribution >= 0.6 is 11.6 Å². The smallest absolute Gasteiger partial charge is 0.245 e. The van der Waals surface area contributed by atoms with Crippen LogP contribution in [0.2, 0.25) is 5.02 Å². The summed E-state index contributed by atoms with van der Waals surface area (Å²) in [6.07, 6.45) is 0.887. The van der Waals surface area contributed by atoms with Gasteiger partial charge in [0, 0.05) is 16.8 Å². The molecule has 7 nitrogen and oxygen atoms in total. The Hall–Kier alpha value is -2.52. The molecule has 0 spiro atoms. The maximum atomic E-state index is 14.1. The number of benzene rings is 2. The van der Waals surface area contributed by atoms with Gasteiger partial charge in [0.05, 0.1) is 11.9 Å². The molecule has 1 amide bonds. The van der Waals surface area contributed by atoms with Gasteiger partial charge in [0.1, 0.15) is 25.6 Å². The zero-order valence-electron chi connectivity index (χ0n) is 14.2. The number of rotatable bonds is 5. The highest BCUT2D eigenvalue weighted by Crippen LogP contribution is 2.32. The largest absolute Gasteiger partial charge is 0.486 e. The molecule has 0 saturated carbocycles. The summed E-state index contributed by atoms with van der Waals surface area (Å²) < 4.78 is 49.8. The number of hydrogen-bond acceptors (Lipinski definition) is 5. The molecule has 1 N–H and O–H groups in total. The van der Waals surface area contributed by atoms with Crippen molar-refractivity contribution in [3.05, 3.63) is 47.2 Å². The van der Waals surface area contributed by atoms with Crippen LogP contribution in [0, 0.1) is 5.82 Å². The van der Waals surface area contributed by atoms with E-state index in [-0.39, 0.29) is 10.7 Å². The standard InChI is InChI=1S/C17H16ClFN2O5S/c1-27(23,24)21(14-4-2-11(18)8-13(14)19)10-17(22)20-12-3-5-15-16(9-12)26-7-6-25-15/h2-5,8-9H,6-7,10H2,1H3,(H,20,22). The molecule has 0 radical (unpaired) electrons. The SMILES string of the molecule is CS(=O)(=O)N(CC(=O)Nc1ccc2c(c1)OCCO2)c1ccc(Cl)cc1F. The molecule has 1 heterocycles. The Labute approximate surface area is 160 Å². The van der Waals surface area contributed by atoms with E-state index in [0.717, 1.165) is 12.3 Å². The van der Waals surface area contributed by atoms with Crippen LogP contribution in [0.1, 0.15) is 0 Å². The van der Waals surface area contributed by atoms with Crippen LogP contribution in [-0.2, 0) is 14.8 Å². The molecule has 2 aromatic carbocycles. The van der Waals surface area contributed by atoms with E-state index in [1.165, 1.54) is 12.1 Å². The molecule has 144 valence electrons. The van der Waals surface area contributed by atoms with E-state index in [1.54, 1.807) is 18.2 Å². The minimum absolute atomic E-state index is 0.116. The second kappa shape index (κ2) is 7.61. The first kappa shape index (κ1) is 19.2. The van der Waals surface area contributed by atoms with Crippen LogP contribution in [0.5, 0.6) is 11.5 Å². The van der Waals surface area contributed by atoms with Crippen molar-refractivity contribution >= 4 is 38.9 Å². The van der Waals surface area contributed by atoms with Crippen molar-refractivity contribution in [2.45, 2.75) is 0 Å². The fourth-order valence-electron chi connectivity index (χ4n) is 2.52. The molecule has 1 aliphatic rings. The fraction of sp³-hybridized carbons (Fsp3) is 0.235. The number of ether oxygens (including phenoxy) is 2. The number of sulfonamides is 1. The van der Waals surface area contributed by atoms with E-state index in [4.69, 9.17) is 21.1 Å². The zero-order chi connectivity index (χ0) is 19.6. The number of amides is 1. The molecule has 1 aliphatic heterocycles. The van der Waals surface area contributed by atoms with Crippen molar-refractivity contribution in [1.82, 2.24) is 0 Å². The minimum Gasteiger partial charge on any atom is -0.486 e. The second-order valence-corrected chi connectivity index (χ2v) is 8.12. The van der Waals surface area contributed by atoms with E-state index in [2.05, 4.69) is 5.32 Å². The van der Waals surface area contributed by atoms with E-state index >= 15 is 0 Å². The monoisotopic (exact) mass is 414 g/mol. The Morgan fingerprint density at radius 2 is 1.89 bits per heavy atom. The average Bonchev–Trinajstić information content (AvgIpc) is 2.59. The first-order valence-corrected chi connectivity index (χ1v) is 10.1. The van der Waals surface area contributed by atoms with Crippen LogP contribution in [0.25, 0.3) is 0 Å². The maximum absolute atomic E-state index is 14.1. The van der Waals surface area contributed by atoms with Crippen molar-refractivity contribution in [3.8, 4) is 11.5 Å². The Morgan fingerprint density at radius 3 is 2.56 bits per heavy atom. The summed E-state index contributed by atoms with van der Waals surface area (Å²) in [6, 6.07) is 8.33. The number of fused-ring (bicyclic) bond motifs is 1. The molecule has 2 aromatic rings. The van der Waals surface area contributed by atoms with Gasteiger partial charge in [0.15, 0.2) is 11.5 Å². The number of nitrogens with zero attached hydrogens (tertiary/aromatic N) is 1. The van der Waals surface area contributed by atoms with Gasteiger partial charge in [-0.05, 0) is 30.3 Å². The Bertz CT molecular complexity index is 983. The summed E-state index contributed by atoms with van der Waals surface area (Å²) in [5.74, 6) is -0.463. The first-order chi connectivity index (χ1) is 12.7. The third kappa shape index (κ3) is 4.61. The number of carbonyl (C=O) groups is 1. The summed E-state index contributed by atoms with van der Waals surface area (Å²) in [6.45, 7) is 0.225. The van der Waals surface area contributed by atoms with Crippen LogP contribution in [0.3, 0.4) is 0 Å². The molecule has 3 rings (SSSR count). The van der Waals surface area contributed by atoms with E-state index < -0.39 is 28.3 Å². The second-order valence-electron chi connectivity index (χ2n) is 5.77. The van der Waals surface area contributed by atoms with Crippen LogP contribution in [0.4, 0.5) is 15.8 Å². The third-order valence-corrected chi connectivity index (χ3v) is 5.05. The summed E-state index contributed by atoms with van der Waals surface area (Å²) >= 11 is 5.70. The number of nitrogens with one attached hydrogen (secondary N) is 1. The fourth-order valence-corrected chi connectivity index (χ4v) is 3.53. The van der Waals surface area contributed by atoms with Gasteiger partial charge in [0.2, 0.25) is 15.9 Å². The van der Waals surface area contributed by atoms with Crippen molar-refractivity contribution in [3.63, 3.8) is 0 Å². The van der Waals surface area contributed by atoms with E-state index in [0.29, 0.717) is 34.7 Å². The van der Waals surface area contributed by atoms with Crippen molar-refractivity contribution in [2.75, 3.05) is 35.6 Å². The molecule has 0 unspecified atom stereocenters. The highest BCUT2D eigenvalue weighted by Gasteiger charge is 2.24. The topological polar surface area (TPSA) is 84.9 Å². The molecular formula is C17H16ClFN2O5S. The zero-order valence-corrected chi connectivity index (χ0v) is 15.8. The summed E-state index contributed by atoms with van der Waals surface area (Å²) in [5, 5.41) is 2.68. The van der Waals surface area contributed by atoms with Gasteiger partial charge in [-0.25, -0.2) is 12.8 Å². The Morgan fingerprint density at radius 1 is 1.19 bits per heavy atom. The maximum Gasteiger partial charge on any atom is 0.245 e. The van der Waals surface area contributed by atoms with E-state index in [9.17, 15) is 17.6 Å². The molecule has 0 saturated heterocycles. The summed E-state index contributed by atoms with van der Waals surface area (Å²) in [7, 11) is -3.91. The van der Waals surface area contributed by atoms with Crippen LogP contribution in [0.15, 0.2) is 36.4 Å². The Balaban J connectivity index is 1.79. The third-order valence-electron chi connectivity index (χ3n) is 3.69. The Kier molecular flexibility index (Phi) is 5.43. The van der Waals surface area contributed by atoms with Gasteiger partial charge in [-0.1, -0.05) is 11.6 Å². The first-order valence-electron chi connectivity index (χ1n) is 7.86. The van der Waals surface area contributed by atoms with Crippen molar-refractivity contribution < 1.29 is 27.1 Å². The summed E-state index contributed by atoms with van der Waals surface area (Å²) in [4.78, 5) is 12.4. The quantitative estimate of drug-likeness (QED) is 0.813. The van der Waals surface area contributed by atoms with Gasteiger partial charge < -0.3 is 14.8 Å². The van der Waals surface area contributed by atoms with Crippen LogP contribution < -0.4 is 19.1 Å².